The maximum absolute atomic E-state index is 13.9. The summed E-state index contributed by atoms with van der Waals surface area (Å²) < 4.78 is 13.9. The summed E-state index contributed by atoms with van der Waals surface area (Å²) in [6.45, 7) is 3.55. The van der Waals surface area contributed by atoms with Crippen molar-refractivity contribution in [2.45, 2.75) is 6.54 Å². The van der Waals surface area contributed by atoms with E-state index in [2.05, 4.69) is 4.90 Å². The van der Waals surface area contributed by atoms with Crippen molar-refractivity contribution in [3.8, 4) is 0 Å². The highest BCUT2D eigenvalue weighted by Crippen LogP contribution is 2.21. The van der Waals surface area contributed by atoms with E-state index in [9.17, 15) is 9.18 Å². The number of benzene rings is 2. The minimum Gasteiger partial charge on any atom is -0.368 e. The van der Waals surface area contributed by atoms with Crippen molar-refractivity contribution in [2.24, 2.45) is 0 Å². The van der Waals surface area contributed by atoms with Crippen LogP contribution >= 0.6 is 23.2 Å². The summed E-state index contributed by atoms with van der Waals surface area (Å²) in [7, 11) is 1.88. The summed E-state index contributed by atoms with van der Waals surface area (Å²) in [6.07, 6.45) is 0. The molecule has 3 rings (SSSR count). The maximum atomic E-state index is 13.9. The van der Waals surface area contributed by atoms with Gasteiger partial charge in [0, 0.05) is 36.9 Å². The Kier molecular flexibility index (Phi) is 6.58. The second-order valence-corrected chi connectivity index (χ2v) is 7.70. The van der Waals surface area contributed by atoms with Gasteiger partial charge >= 0.3 is 0 Å². The third-order valence-electron chi connectivity index (χ3n) is 4.80. The number of quaternary nitrogens is 1. The monoisotopic (exact) mass is 410 g/mol. The number of carbonyl (C=O) groups excluding carboxylic acids is 1. The molecule has 1 unspecified atom stereocenters. The number of rotatable bonds is 5. The van der Waals surface area contributed by atoms with Crippen molar-refractivity contribution >= 4 is 34.8 Å². The first-order chi connectivity index (χ1) is 12.9. The summed E-state index contributed by atoms with van der Waals surface area (Å²) in [5.74, 6) is -0.254. The van der Waals surface area contributed by atoms with Crippen LogP contribution in [0.25, 0.3) is 0 Å². The average Bonchev–Trinajstić information content (AvgIpc) is 2.65. The number of nitrogens with zero attached hydrogens (tertiary/aromatic N) is 2. The fourth-order valence-corrected chi connectivity index (χ4v) is 3.74. The standard InChI is InChI=1S/C20H22Cl2FN3O/c1-24(13-17-18(22)6-3-7-19(17)23)14-20(27)26-10-8-25(9-11-26)16-5-2-4-15(21)12-16/h2-7,12H,8-11,13-14H2,1H3/p+1. The third-order valence-corrected chi connectivity index (χ3v) is 5.39. The highest BCUT2D eigenvalue weighted by Gasteiger charge is 2.24. The van der Waals surface area contributed by atoms with Gasteiger partial charge in [-0.3, -0.25) is 4.79 Å². The van der Waals surface area contributed by atoms with Gasteiger partial charge in [-0.05, 0) is 30.3 Å². The average molecular weight is 411 g/mol. The number of hydrogen-bond donors (Lipinski definition) is 1. The minimum absolute atomic E-state index is 0.0747. The zero-order valence-electron chi connectivity index (χ0n) is 15.2. The topological polar surface area (TPSA) is 28.0 Å². The molecular formula is C20H23Cl2FN3O+. The van der Waals surface area contributed by atoms with Gasteiger partial charge in [0.15, 0.2) is 6.54 Å². The van der Waals surface area contributed by atoms with Crippen LogP contribution in [0.3, 0.4) is 0 Å². The highest BCUT2D eigenvalue weighted by molar-refractivity contribution is 6.31. The zero-order chi connectivity index (χ0) is 19.4. The van der Waals surface area contributed by atoms with Crippen molar-refractivity contribution in [1.82, 2.24) is 4.90 Å². The molecule has 0 aromatic heterocycles. The number of anilines is 1. The lowest BCUT2D eigenvalue weighted by molar-refractivity contribution is -0.885. The van der Waals surface area contributed by atoms with Crippen molar-refractivity contribution in [3.63, 3.8) is 0 Å². The number of likely N-dealkylation sites (N-methyl/N-ethyl adjacent to an activating group) is 1. The Labute approximate surface area is 169 Å². The van der Waals surface area contributed by atoms with Crippen LogP contribution in [-0.2, 0) is 11.3 Å². The summed E-state index contributed by atoms with van der Waals surface area (Å²) in [5, 5.41) is 1.11. The molecule has 2 aromatic carbocycles. The number of carbonyl (C=O) groups is 1. The largest absolute Gasteiger partial charge is 0.368 e. The van der Waals surface area contributed by atoms with Crippen LogP contribution in [0.15, 0.2) is 42.5 Å². The molecule has 0 saturated carbocycles. The van der Waals surface area contributed by atoms with Crippen LogP contribution in [0.4, 0.5) is 10.1 Å². The van der Waals surface area contributed by atoms with Gasteiger partial charge in [0.25, 0.3) is 5.91 Å². The first-order valence-electron chi connectivity index (χ1n) is 8.96. The van der Waals surface area contributed by atoms with Gasteiger partial charge in [0.1, 0.15) is 12.4 Å². The molecule has 0 bridgehead atoms. The van der Waals surface area contributed by atoms with E-state index in [1.54, 1.807) is 12.1 Å². The Morgan fingerprint density at radius 1 is 1.11 bits per heavy atom. The Hall–Kier alpha value is -1.82. The van der Waals surface area contributed by atoms with Gasteiger partial charge in [-0.1, -0.05) is 35.3 Å². The van der Waals surface area contributed by atoms with Gasteiger partial charge in [0.05, 0.1) is 17.6 Å². The fraction of sp³-hybridized carbons (Fsp3) is 0.350. The van der Waals surface area contributed by atoms with E-state index in [1.165, 1.54) is 6.07 Å². The molecule has 1 N–H and O–H groups in total. The molecule has 0 spiro atoms. The van der Waals surface area contributed by atoms with E-state index < -0.39 is 0 Å². The molecule has 1 amide bonds. The summed E-state index contributed by atoms with van der Waals surface area (Å²) in [6, 6.07) is 12.4. The second kappa shape index (κ2) is 8.91. The lowest BCUT2D eigenvalue weighted by Crippen LogP contribution is -3.09. The van der Waals surface area contributed by atoms with E-state index in [-0.39, 0.29) is 11.7 Å². The first kappa shape index (κ1) is 19.9. The fourth-order valence-electron chi connectivity index (χ4n) is 3.32. The first-order valence-corrected chi connectivity index (χ1v) is 9.72. The molecule has 4 nitrogen and oxygen atoms in total. The molecule has 1 atom stereocenters. The lowest BCUT2D eigenvalue weighted by Gasteiger charge is -2.36. The summed E-state index contributed by atoms with van der Waals surface area (Å²) >= 11 is 12.1. The zero-order valence-corrected chi connectivity index (χ0v) is 16.7. The van der Waals surface area contributed by atoms with Gasteiger partial charge in [-0.15, -0.1) is 0 Å². The van der Waals surface area contributed by atoms with Crippen molar-refractivity contribution in [2.75, 3.05) is 44.7 Å². The van der Waals surface area contributed by atoms with Crippen LogP contribution < -0.4 is 9.80 Å². The van der Waals surface area contributed by atoms with E-state index in [4.69, 9.17) is 23.2 Å². The van der Waals surface area contributed by atoms with Crippen LogP contribution in [0.2, 0.25) is 10.0 Å². The Morgan fingerprint density at radius 3 is 2.48 bits per heavy atom. The molecule has 144 valence electrons. The Balaban J connectivity index is 1.52. The molecule has 27 heavy (non-hydrogen) atoms. The van der Waals surface area contributed by atoms with Crippen LogP contribution in [0.1, 0.15) is 5.56 Å². The minimum atomic E-state index is -0.329. The molecule has 0 aliphatic carbocycles. The van der Waals surface area contributed by atoms with Crippen molar-refractivity contribution in [1.29, 1.82) is 0 Å². The molecule has 1 saturated heterocycles. The predicted octanol–water partition coefficient (Wildman–Crippen LogP) is 2.50. The normalized spacial score (nSPS) is 15.7. The van der Waals surface area contributed by atoms with Crippen LogP contribution in [0, 0.1) is 5.82 Å². The number of piperazine rings is 1. The number of amides is 1. The molecular weight excluding hydrogens is 388 g/mol. The van der Waals surface area contributed by atoms with E-state index in [1.807, 2.05) is 36.2 Å². The van der Waals surface area contributed by atoms with Crippen molar-refractivity contribution < 1.29 is 14.1 Å². The summed E-state index contributed by atoms with van der Waals surface area (Å²) in [4.78, 5) is 17.6. The second-order valence-electron chi connectivity index (χ2n) is 6.86. The molecule has 1 heterocycles. The molecule has 0 radical (unpaired) electrons. The van der Waals surface area contributed by atoms with Gasteiger partial charge < -0.3 is 14.7 Å². The van der Waals surface area contributed by atoms with E-state index in [0.29, 0.717) is 41.8 Å². The molecule has 1 aliphatic heterocycles. The number of nitrogens with one attached hydrogen (secondary N) is 1. The molecule has 1 aliphatic rings. The molecule has 2 aromatic rings. The van der Waals surface area contributed by atoms with Gasteiger partial charge in [-0.25, -0.2) is 4.39 Å². The van der Waals surface area contributed by atoms with Gasteiger partial charge in [-0.2, -0.15) is 0 Å². The van der Waals surface area contributed by atoms with E-state index >= 15 is 0 Å². The van der Waals surface area contributed by atoms with Crippen LogP contribution in [0.5, 0.6) is 0 Å². The summed E-state index contributed by atoms with van der Waals surface area (Å²) in [5.41, 5.74) is 1.53. The third kappa shape index (κ3) is 5.12. The maximum Gasteiger partial charge on any atom is 0.277 e. The van der Waals surface area contributed by atoms with E-state index in [0.717, 1.165) is 23.7 Å². The smallest absolute Gasteiger partial charge is 0.277 e. The Bertz CT molecular complexity index is 789. The SMILES string of the molecule is C[NH+](CC(=O)N1CCN(c2cccc(Cl)c2)CC1)Cc1c(F)cccc1Cl. The Morgan fingerprint density at radius 2 is 1.81 bits per heavy atom. The molecule has 1 fully saturated rings. The number of hydrogen-bond acceptors (Lipinski definition) is 2. The highest BCUT2D eigenvalue weighted by atomic mass is 35.5. The predicted molar refractivity (Wildman–Crippen MR) is 107 cm³/mol. The molecule has 7 heteroatoms. The quantitative estimate of drug-likeness (QED) is 0.819. The van der Waals surface area contributed by atoms with Gasteiger partial charge in [0.2, 0.25) is 0 Å². The number of halogens is 3. The lowest BCUT2D eigenvalue weighted by atomic mass is 10.2. The van der Waals surface area contributed by atoms with Crippen LogP contribution in [-0.4, -0.2) is 50.6 Å². The van der Waals surface area contributed by atoms with Crippen molar-refractivity contribution in [3.05, 3.63) is 63.9 Å².